The van der Waals surface area contributed by atoms with Crippen LogP contribution in [-0.2, 0) is 5.54 Å². The Kier molecular flexibility index (Phi) is 4.79. The van der Waals surface area contributed by atoms with Crippen LogP contribution < -0.4 is 10.2 Å². The molecule has 1 aromatic heterocycles. The number of hydrogen-bond donors (Lipinski definition) is 2. The first kappa shape index (κ1) is 18.8. The van der Waals surface area contributed by atoms with Gasteiger partial charge in [-0.2, -0.15) is 5.26 Å². The monoisotopic (exact) mass is 378 g/mol. The number of nitriles is 1. The minimum Gasteiger partial charge on any atom is -0.361 e. The number of nitrogens with one attached hydrogen (secondary N) is 1. The van der Waals surface area contributed by atoms with Gasteiger partial charge in [-0.3, -0.25) is 10.2 Å². The zero-order valence-corrected chi connectivity index (χ0v) is 16.3. The number of aliphatic hydroxyl groups is 1. The molecule has 1 atom stereocenters. The molecule has 2 heterocycles. The Bertz CT molecular complexity index is 853. The zero-order valence-electron chi connectivity index (χ0n) is 16.3. The first-order valence-corrected chi connectivity index (χ1v) is 9.66. The molecule has 1 saturated carbocycles. The second kappa shape index (κ2) is 7.13. The van der Waals surface area contributed by atoms with E-state index in [1.807, 2.05) is 11.0 Å². The van der Waals surface area contributed by atoms with Gasteiger partial charge in [0.25, 0.3) is 0 Å². The predicted octanol–water partition coefficient (Wildman–Crippen LogP) is 1.80. The lowest BCUT2D eigenvalue weighted by Crippen LogP contribution is -2.54. The van der Waals surface area contributed by atoms with Crippen LogP contribution in [0.2, 0.25) is 0 Å². The largest absolute Gasteiger partial charge is 0.361 e. The van der Waals surface area contributed by atoms with E-state index in [0.29, 0.717) is 6.54 Å². The van der Waals surface area contributed by atoms with Crippen LogP contribution in [0.25, 0.3) is 0 Å². The first-order valence-electron chi connectivity index (χ1n) is 9.66. The van der Waals surface area contributed by atoms with Crippen LogP contribution in [0.15, 0.2) is 42.7 Å². The van der Waals surface area contributed by atoms with E-state index in [-0.39, 0.29) is 16.9 Å². The molecule has 1 spiro atoms. The number of hydrogen-bond acceptors (Lipinski definition) is 7. The van der Waals surface area contributed by atoms with Crippen molar-refractivity contribution in [3.05, 3.63) is 54.1 Å². The second-order valence-corrected chi connectivity index (χ2v) is 8.09. The normalized spacial score (nSPS) is 30.0. The van der Waals surface area contributed by atoms with Crippen molar-refractivity contribution in [2.75, 3.05) is 25.5 Å². The van der Waals surface area contributed by atoms with Crippen molar-refractivity contribution < 1.29 is 5.11 Å². The molecule has 2 aliphatic rings. The van der Waals surface area contributed by atoms with Crippen molar-refractivity contribution in [3.8, 4) is 6.07 Å². The van der Waals surface area contributed by atoms with Gasteiger partial charge in [0.15, 0.2) is 6.35 Å². The van der Waals surface area contributed by atoms with Crippen LogP contribution in [0.3, 0.4) is 0 Å². The first-order chi connectivity index (χ1) is 13.5. The summed E-state index contributed by atoms with van der Waals surface area (Å²) in [6.45, 7) is 0.696. The Morgan fingerprint density at radius 1 is 1.14 bits per heavy atom. The highest BCUT2D eigenvalue weighted by Gasteiger charge is 2.50. The smallest absolute Gasteiger partial charge is 0.232 e. The third-order valence-corrected chi connectivity index (χ3v) is 6.47. The molecule has 7 heteroatoms. The van der Waals surface area contributed by atoms with Crippen LogP contribution in [0.1, 0.15) is 37.1 Å². The van der Waals surface area contributed by atoms with Crippen molar-refractivity contribution in [2.45, 2.75) is 43.1 Å². The maximum absolute atomic E-state index is 10.6. The van der Waals surface area contributed by atoms with Crippen molar-refractivity contribution in [1.29, 1.82) is 5.26 Å². The molecule has 2 fully saturated rings. The summed E-state index contributed by atoms with van der Waals surface area (Å²) in [6.07, 6.45) is 6.39. The van der Waals surface area contributed by atoms with E-state index in [4.69, 9.17) is 5.26 Å². The van der Waals surface area contributed by atoms with Gasteiger partial charge in [-0.05, 0) is 45.3 Å². The highest BCUT2D eigenvalue weighted by molar-refractivity contribution is 5.46. The molecule has 2 N–H and O–H groups in total. The molecule has 1 saturated heterocycles. The van der Waals surface area contributed by atoms with Gasteiger partial charge in [-0.25, -0.2) is 9.97 Å². The fourth-order valence-electron chi connectivity index (χ4n) is 4.76. The molecule has 28 heavy (non-hydrogen) atoms. The number of anilines is 1. The average molecular weight is 378 g/mol. The molecule has 2 aromatic rings. The zero-order chi connectivity index (χ0) is 19.8. The Balaban J connectivity index is 1.53. The summed E-state index contributed by atoms with van der Waals surface area (Å²) in [5.41, 5.74) is 1.96. The Hall–Kier alpha value is -2.53. The summed E-state index contributed by atoms with van der Waals surface area (Å²) >= 11 is 0. The Labute approximate surface area is 165 Å². The lowest BCUT2D eigenvalue weighted by Gasteiger charge is -2.49. The van der Waals surface area contributed by atoms with Gasteiger partial charge in [0.05, 0.1) is 18.1 Å². The van der Waals surface area contributed by atoms with Crippen LogP contribution >= 0.6 is 0 Å². The van der Waals surface area contributed by atoms with Crippen LogP contribution in [0, 0.1) is 11.3 Å². The second-order valence-electron chi connectivity index (χ2n) is 8.09. The van der Waals surface area contributed by atoms with Crippen molar-refractivity contribution in [1.82, 2.24) is 20.2 Å². The lowest BCUT2D eigenvalue weighted by molar-refractivity contribution is 0.0513. The Morgan fingerprint density at radius 2 is 1.79 bits per heavy atom. The van der Waals surface area contributed by atoms with E-state index in [9.17, 15) is 5.11 Å². The number of rotatable bonds is 3. The van der Waals surface area contributed by atoms with Gasteiger partial charge in [0.1, 0.15) is 6.07 Å². The van der Waals surface area contributed by atoms with E-state index in [2.05, 4.69) is 64.6 Å². The van der Waals surface area contributed by atoms with E-state index in [1.54, 1.807) is 12.4 Å². The van der Waals surface area contributed by atoms with Gasteiger partial charge >= 0.3 is 0 Å². The van der Waals surface area contributed by atoms with Crippen LogP contribution in [0.5, 0.6) is 0 Å². The molecule has 0 radical (unpaired) electrons. The molecule has 146 valence electrons. The summed E-state index contributed by atoms with van der Waals surface area (Å²) in [5.74, 6) is 0.136. The molecule has 1 aromatic carbocycles. The van der Waals surface area contributed by atoms with Crippen molar-refractivity contribution in [2.24, 2.45) is 0 Å². The number of benzene rings is 1. The quantitative estimate of drug-likeness (QED) is 0.842. The molecule has 0 amide bonds. The standard InChI is InChI=1S/C21H26N6O/c1-26(2)21(16-6-4-3-5-7-16)10-8-20(9-11-21)15-27(19(28)25-20)17-13-23-18(12-22)24-14-17/h3-7,13-14,19,25,28H,8-11,15H2,1-2H3. The molecule has 1 aliphatic carbocycles. The van der Waals surface area contributed by atoms with E-state index < -0.39 is 6.35 Å². The minimum absolute atomic E-state index is 0.0180. The van der Waals surface area contributed by atoms with Crippen molar-refractivity contribution >= 4 is 5.69 Å². The number of nitrogens with zero attached hydrogens (tertiary/aromatic N) is 5. The molecule has 0 bridgehead atoms. The maximum Gasteiger partial charge on any atom is 0.232 e. The molecular weight excluding hydrogens is 352 g/mol. The Morgan fingerprint density at radius 3 is 2.36 bits per heavy atom. The van der Waals surface area contributed by atoms with Crippen LogP contribution in [-0.4, -0.2) is 52.5 Å². The van der Waals surface area contributed by atoms with Gasteiger partial charge in [0.2, 0.25) is 5.82 Å². The highest BCUT2D eigenvalue weighted by atomic mass is 16.3. The average Bonchev–Trinajstić information content (AvgIpc) is 3.05. The highest BCUT2D eigenvalue weighted by Crippen LogP contribution is 2.46. The van der Waals surface area contributed by atoms with E-state index >= 15 is 0 Å². The summed E-state index contributed by atoms with van der Waals surface area (Å²) < 4.78 is 0. The summed E-state index contributed by atoms with van der Waals surface area (Å²) in [6, 6.07) is 12.6. The maximum atomic E-state index is 10.6. The van der Waals surface area contributed by atoms with Gasteiger partial charge in [0, 0.05) is 17.6 Å². The SMILES string of the molecule is CN(C)C1(c2ccccc2)CCC2(CC1)CN(c1cnc(C#N)nc1)C(O)N2. The molecule has 1 aliphatic heterocycles. The number of aliphatic hydroxyl groups excluding tert-OH is 1. The van der Waals surface area contributed by atoms with Gasteiger partial charge < -0.3 is 10.0 Å². The summed E-state index contributed by atoms with van der Waals surface area (Å²) in [4.78, 5) is 12.3. The van der Waals surface area contributed by atoms with Gasteiger partial charge in [-0.1, -0.05) is 30.3 Å². The minimum atomic E-state index is -0.778. The summed E-state index contributed by atoms with van der Waals surface area (Å²) in [5, 5.41) is 22.9. The number of aromatic nitrogens is 2. The predicted molar refractivity (Wildman–Crippen MR) is 106 cm³/mol. The lowest BCUT2D eigenvalue weighted by atomic mass is 9.69. The fourth-order valence-corrected chi connectivity index (χ4v) is 4.76. The summed E-state index contributed by atoms with van der Waals surface area (Å²) in [7, 11) is 4.31. The molecule has 4 rings (SSSR count). The molecule has 1 unspecified atom stereocenters. The topological polar surface area (TPSA) is 88.3 Å². The van der Waals surface area contributed by atoms with E-state index in [1.165, 1.54) is 5.56 Å². The molecule has 7 nitrogen and oxygen atoms in total. The third kappa shape index (κ3) is 3.14. The van der Waals surface area contributed by atoms with Crippen molar-refractivity contribution in [3.63, 3.8) is 0 Å². The van der Waals surface area contributed by atoms with Gasteiger partial charge in [-0.15, -0.1) is 0 Å². The third-order valence-electron chi connectivity index (χ3n) is 6.47. The van der Waals surface area contributed by atoms with Crippen LogP contribution in [0.4, 0.5) is 5.69 Å². The fraction of sp³-hybridized carbons (Fsp3) is 0.476. The van der Waals surface area contributed by atoms with E-state index in [0.717, 1.165) is 31.4 Å². The molecular formula is C21H26N6O.